The van der Waals surface area contributed by atoms with E-state index in [-0.39, 0.29) is 12.5 Å². The van der Waals surface area contributed by atoms with Gasteiger partial charge in [0.05, 0.1) is 24.7 Å². The van der Waals surface area contributed by atoms with Crippen molar-refractivity contribution in [3.05, 3.63) is 22.7 Å². The standard InChI is InChI=1S/C18H24ClNO5/c1-11(2)10-25-16-14(19)7-13(8-15(16)24-3)17(21)20-6-4-5-12(9-20)18(22)23/h7-8,11-12H,4-6,9-10H2,1-3H3,(H,22,23)/t12-/m0/s1. The molecule has 0 unspecified atom stereocenters. The molecule has 1 aliphatic rings. The minimum atomic E-state index is -0.870. The van der Waals surface area contributed by atoms with E-state index in [2.05, 4.69) is 0 Å². The largest absolute Gasteiger partial charge is 0.493 e. The quantitative estimate of drug-likeness (QED) is 0.832. The monoisotopic (exact) mass is 369 g/mol. The molecule has 7 heteroatoms. The number of aliphatic carboxylic acids is 1. The fraction of sp³-hybridized carbons (Fsp3) is 0.556. The van der Waals surface area contributed by atoms with E-state index in [1.807, 2.05) is 13.8 Å². The van der Waals surface area contributed by atoms with Crippen LogP contribution >= 0.6 is 11.6 Å². The Kier molecular flexibility index (Phi) is 6.53. The van der Waals surface area contributed by atoms with Crippen LogP contribution in [-0.2, 0) is 4.79 Å². The van der Waals surface area contributed by atoms with Crippen molar-refractivity contribution in [3.63, 3.8) is 0 Å². The highest BCUT2D eigenvalue weighted by molar-refractivity contribution is 6.32. The van der Waals surface area contributed by atoms with Crippen molar-refractivity contribution in [2.45, 2.75) is 26.7 Å². The third-order valence-corrected chi connectivity index (χ3v) is 4.38. The zero-order chi connectivity index (χ0) is 18.6. The number of methoxy groups -OCH3 is 1. The van der Waals surface area contributed by atoms with Crippen molar-refractivity contribution in [2.75, 3.05) is 26.8 Å². The third-order valence-electron chi connectivity index (χ3n) is 4.10. The summed E-state index contributed by atoms with van der Waals surface area (Å²) in [5, 5.41) is 9.48. The number of halogens is 1. The van der Waals surface area contributed by atoms with E-state index in [1.54, 1.807) is 17.0 Å². The van der Waals surface area contributed by atoms with Crippen LogP contribution in [-0.4, -0.2) is 48.7 Å². The first-order valence-electron chi connectivity index (χ1n) is 8.35. The summed E-state index contributed by atoms with van der Waals surface area (Å²) in [4.78, 5) is 25.5. The fourth-order valence-electron chi connectivity index (χ4n) is 2.78. The van der Waals surface area contributed by atoms with Crippen molar-refractivity contribution in [1.82, 2.24) is 4.90 Å². The van der Waals surface area contributed by atoms with Crippen molar-refractivity contribution in [2.24, 2.45) is 11.8 Å². The van der Waals surface area contributed by atoms with Crippen LogP contribution in [0, 0.1) is 11.8 Å². The molecular weight excluding hydrogens is 346 g/mol. The first kappa shape index (κ1) is 19.4. The molecular formula is C18H24ClNO5. The average Bonchev–Trinajstić information content (AvgIpc) is 2.59. The van der Waals surface area contributed by atoms with Crippen LogP contribution < -0.4 is 9.47 Å². The number of nitrogens with zero attached hydrogens (tertiary/aromatic N) is 1. The number of piperidine rings is 1. The first-order chi connectivity index (χ1) is 11.8. The summed E-state index contributed by atoms with van der Waals surface area (Å²) in [6, 6.07) is 3.14. The predicted molar refractivity (Wildman–Crippen MR) is 94.6 cm³/mol. The van der Waals surface area contributed by atoms with E-state index in [0.717, 1.165) is 0 Å². The Hall–Kier alpha value is -1.95. The van der Waals surface area contributed by atoms with E-state index >= 15 is 0 Å². The van der Waals surface area contributed by atoms with Crippen LogP contribution in [0.2, 0.25) is 5.02 Å². The van der Waals surface area contributed by atoms with Gasteiger partial charge in [-0.2, -0.15) is 0 Å². The Labute approximate surface area is 152 Å². The molecule has 1 fully saturated rings. The normalized spacial score (nSPS) is 17.5. The number of likely N-dealkylation sites (tertiary alicyclic amines) is 1. The molecule has 0 spiro atoms. The molecule has 1 heterocycles. The Balaban J connectivity index is 2.22. The van der Waals surface area contributed by atoms with Crippen molar-refractivity contribution >= 4 is 23.5 Å². The maximum atomic E-state index is 12.7. The highest BCUT2D eigenvalue weighted by Crippen LogP contribution is 2.37. The Morgan fingerprint density at radius 1 is 1.40 bits per heavy atom. The lowest BCUT2D eigenvalue weighted by atomic mass is 9.97. The van der Waals surface area contributed by atoms with Crippen LogP contribution in [0.5, 0.6) is 11.5 Å². The number of carbonyl (C=O) groups is 2. The van der Waals surface area contributed by atoms with Gasteiger partial charge in [-0.3, -0.25) is 9.59 Å². The van der Waals surface area contributed by atoms with E-state index < -0.39 is 11.9 Å². The summed E-state index contributed by atoms with van der Waals surface area (Å²) in [6.45, 7) is 5.27. The van der Waals surface area contributed by atoms with Crippen molar-refractivity contribution in [3.8, 4) is 11.5 Å². The molecule has 1 aromatic rings. The number of benzene rings is 1. The fourth-order valence-corrected chi connectivity index (χ4v) is 3.04. The maximum absolute atomic E-state index is 12.7. The zero-order valence-corrected chi connectivity index (χ0v) is 15.5. The van der Waals surface area contributed by atoms with Crippen molar-refractivity contribution < 1.29 is 24.2 Å². The highest BCUT2D eigenvalue weighted by Gasteiger charge is 2.29. The number of hydrogen-bond donors (Lipinski definition) is 1. The lowest BCUT2D eigenvalue weighted by Crippen LogP contribution is -2.42. The molecule has 1 aromatic carbocycles. The topological polar surface area (TPSA) is 76.1 Å². The Morgan fingerprint density at radius 2 is 2.12 bits per heavy atom. The lowest BCUT2D eigenvalue weighted by molar-refractivity contribution is -0.143. The molecule has 0 saturated carbocycles. The number of carbonyl (C=O) groups excluding carboxylic acids is 1. The summed E-state index contributed by atoms with van der Waals surface area (Å²) in [7, 11) is 1.49. The molecule has 0 radical (unpaired) electrons. The summed E-state index contributed by atoms with van der Waals surface area (Å²) < 4.78 is 11.0. The SMILES string of the molecule is COc1cc(C(=O)N2CCC[C@H](C(=O)O)C2)cc(Cl)c1OCC(C)C. The zero-order valence-electron chi connectivity index (χ0n) is 14.8. The number of hydrogen-bond acceptors (Lipinski definition) is 4. The van der Waals surface area contributed by atoms with Crippen LogP contribution in [0.3, 0.4) is 0 Å². The van der Waals surface area contributed by atoms with Gasteiger partial charge < -0.3 is 19.5 Å². The molecule has 6 nitrogen and oxygen atoms in total. The second-order valence-electron chi connectivity index (χ2n) is 6.62. The molecule has 1 amide bonds. The molecule has 1 saturated heterocycles. The predicted octanol–water partition coefficient (Wildman–Crippen LogP) is 3.32. The second-order valence-corrected chi connectivity index (χ2v) is 7.03. The van der Waals surface area contributed by atoms with Crippen LogP contribution in [0.1, 0.15) is 37.0 Å². The van der Waals surface area contributed by atoms with Gasteiger partial charge in [0.1, 0.15) is 0 Å². The van der Waals surface area contributed by atoms with Gasteiger partial charge in [-0.25, -0.2) is 0 Å². The second kappa shape index (κ2) is 8.43. The molecule has 1 atom stereocenters. The molecule has 2 rings (SSSR count). The first-order valence-corrected chi connectivity index (χ1v) is 8.73. The smallest absolute Gasteiger partial charge is 0.308 e. The Bertz CT molecular complexity index is 647. The minimum absolute atomic E-state index is 0.208. The summed E-state index contributed by atoms with van der Waals surface area (Å²) in [5.41, 5.74) is 0.366. The van der Waals surface area contributed by atoms with E-state index in [9.17, 15) is 14.7 Å². The van der Waals surface area contributed by atoms with Gasteiger partial charge in [-0.1, -0.05) is 25.4 Å². The highest BCUT2D eigenvalue weighted by atomic mass is 35.5. The van der Waals surface area contributed by atoms with Gasteiger partial charge in [-0.05, 0) is 30.9 Å². The number of carboxylic acids is 1. The van der Waals surface area contributed by atoms with Gasteiger partial charge >= 0.3 is 5.97 Å². The summed E-state index contributed by atoms with van der Waals surface area (Å²) in [6.07, 6.45) is 1.26. The number of rotatable bonds is 6. The molecule has 138 valence electrons. The minimum Gasteiger partial charge on any atom is -0.493 e. The molecule has 1 N–H and O–H groups in total. The average molecular weight is 370 g/mol. The van der Waals surface area contributed by atoms with E-state index in [0.29, 0.717) is 54.0 Å². The van der Waals surface area contributed by atoms with Gasteiger partial charge in [0.15, 0.2) is 11.5 Å². The summed E-state index contributed by atoms with van der Waals surface area (Å²) in [5.74, 6) is -0.515. The van der Waals surface area contributed by atoms with Crippen LogP contribution in [0.15, 0.2) is 12.1 Å². The van der Waals surface area contributed by atoms with Crippen LogP contribution in [0.25, 0.3) is 0 Å². The molecule has 1 aliphatic heterocycles. The Morgan fingerprint density at radius 3 is 2.72 bits per heavy atom. The molecule has 0 aliphatic carbocycles. The number of ether oxygens (including phenoxy) is 2. The van der Waals surface area contributed by atoms with Crippen LogP contribution in [0.4, 0.5) is 0 Å². The third kappa shape index (κ3) is 4.78. The maximum Gasteiger partial charge on any atom is 0.308 e. The lowest BCUT2D eigenvalue weighted by Gasteiger charge is -2.31. The van der Waals surface area contributed by atoms with Gasteiger partial charge in [0.25, 0.3) is 5.91 Å². The number of carboxylic acid groups (broad SMARTS) is 1. The van der Waals surface area contributed by atoms with E-state index in [1.165, 1.54) is 7.11 Å². The van der Waals surface area contributed by atoms with Gasteiger partial charge in [-0.15, -0.1) is 0 Å². The molecule has 0 aromatic heterocycles. The van der Waals surface area contributed by atoms with Crippen molar-refractivity contribution in [1.29, 1.82) is 0 Å². The number of amides is 1. The van der Waals surface area contributed by atoms with Gasteiger partial charge in [0.2, 0.25) is 0 Å². The van der Waals surface area contributed by atoms with E-state index in [4.69, 9.17) is 21.1 Å². The summed E-state index contributed by atoms with van der Waals surface area (Å²) >= 11 is 6.29. The molecule has 0 bridgehead atoms. The molecule has 25 heavy (non-hydrogen) atoms. The van der Waals surface area contributed by atoms with Gasteiger partial charge in [0, 0.05) is 18.7 Å².